The van der Waals surface area contributed by atoms with Crippen LogP contribution in [0, 0.1) is 5.92 Å². The van der Waals surface area contributed by atoms with Crippen LogP contribution in [0.4, 0.5) is 0 Å². The molecular formula is C12H21NO. The maximum Gasteiger partial charge on any atom is 0.154 e. The number of rotatable bonds is 4. The molecule has 0 bridgehead atoms. The molecule has 2 heteroatoms. The molecule has 1 saturated carbocycles. The summed E-state index contributed by atoms with van der Waals surface area (Å²) in [6, 6.07) is 0. The standard InChI is InChI=1S/C12H21NO/c1-10(8-11(2)14)13-9-12-6-4-3-5-7-12/h8,12-13H,3-7,9H2,1-2H3/b10-8+. The molecule has 0 aromatic heterocycles. The molecular weight excluding hydrogens is 174 g/mol. The number of carbonyl (C=O) groups is 1. The van der Waals surface area contributed by atoms with Crippen LogP contribution in [-0.4, -0.2) is 12.3 Å². The van der Waals surface area contributed by atoms with E-state index in [4.69, 9.17) is 0 Å². The van der Waals surface area contributed by atoms with Crippen molar-refractivity contribution in [2.45, 2.75) is 46.0 Å². The van der Waals surface area contributed by atoms with Gasteiger partial charge in [0.05, 0.1) is 0 Å². The van der Waals surface area contributed by atoms with Crippen LogP contribution in [0.15, 0.2) is 11.8 Å². The van der Waals surface area contributed by atoms with Crippen LogP contribution in [0.2, 0.25) is 0 Å². The van der Waals surface area contributed by atoms with Crippen LogP contribution in [0.5, 0.6) is 0 Å². The molecule has 0 amide bonds. The zero-order valence-electron chi connectivity index (χ0n) is 9.31. The third-order valence-corrected chi connectivity index (χ3v) is 2.81. The Kier molecular flexibility index (Phi) is 4.71. The first-order valence-electron chi connectivity index (χ1n) is 5.61. The molecule has 0 unspecified atom stereocenters. The molecule has 1 aliphatic carbocycles. The Morgan fingerprint density at radius 3 is 2.50 bits per heavy atom. The highest BCUT2D eigenvalue weighted by Gasteiger charge is 2.12. The smallest absolute Gasteiger partial charge is 0.154 e. The predicted molar refractivity (Wildman–Crippen MR) is 59.0 cm³/mol. The lowest BCUT2D eigenvalue weighted by Crippen LogP contribution is -2.23. The van der Waals surface area contributed by atoms with E-state index in [-0.39, 0.29) is 5.78 Å². The lowest BCUT2D eigenvalue weighted by molar-refractivity contribution is -0.112. The Balaban J connectivity index is 2.21. The molecule has 0 aromatic rings. The van der Waals surface area contributed by atoms with Crippen molar-refractivity contribution in [2.75, 3.05) is 6.54 Å². The van der Waals surface area contributed by atoms with E-state index >= 15 is 0 Å². The Morgan fingerprint density at radius 2 is 1.93 bits per heavy atom. The SMILES string of the molecule is CC(=O)/C=C(\C)NCC1CCCCC1. The van der Waals surface area contributed by atoms with Gasteiger partial charge in [0.1, 0.15) is 0 Å². The highest BCUT2D eigenvalue weighted by molar-refractivity contribution is 5.87. The van der Waals surface area contributed by atoms with Gasteiger partial charge in [0, 0.05) is 12.2 Å². The maximum absolute atomic E-state index is 10.8. The molecule has 0 heterocycles. The third-order valence-electron chi connectivity index (χ3n) is 2.81. The molecule has 1 rings (SSSR count). The van der Waals surface area contributed by atoms with Gasteiger partial charge in [0.15, 0.2) is 5.78 Å². The number of hydrogen-bond donors (Lipinski definition) is 1. The second-order valence-electron chi connectivity index (χ2n) is 4.32. The van der Waals surface area contributed by atoms with Crippen molar-refractivity contribution in [1.29, 1.82) is 0 Å². The van der Waals surface area contributed by atoms with E-state index in [0.717, 1.165) is 18.2 Å². The van der Waals surface area contributed by atoms with Crippen LogP contribution in [-0.2, 0) is 4.79 Å². The normalized spacial score (nSPS) is 19.4. The Labute approximate surface area is 86.8 Å². The van der Waals surface area contributed by atoms with E-state index in [1.807, 2.05) is 6.92 Å². The van der Waals surface area contributed by atoms with Crippen LogP contribution >= 0.6 is 0 Å². The summed E-state index contributed by atoms with van der Waals surface area (Å²) in [5, 5.41) is 3.32. The van der Waals surface area contributed by atoms with Gasteiger partial charge in [-0.1, -0.05) is 19.3 Å². The van der Waals surface area contributed by atoms with E-state index < -0.39 is 0 Å². The molecule has 0 aliphatic heterocycles. The fourth-order valence-corrected chi connectivity index (χ4v) is 2.05. The van der Waals surface area contributed by atoms with Crippen molar-refractivity contribution in [3.63, 3.8) is 0 Å². The quantitative estimate of drug-likeness (QED) is 0.699. The fraction of sp³-hybridized carbons (Fsp3) is 0.750. The maximum atomic E-state index is 10.8. The van der Waals surface area contributed by atoms with E-state index in [9.17, 15) is 4.79 Å². The van der Waals surface area contributed by atoms with Gasteiger partial charge in [0.25, 0.3) is 0 Å². The van der Waals surface area contributed by atoms with Crippen LogP contribution in [0.3, 0.4) is 0 Å². The van der Waals surface area contributed by atoms with Crippen molar-refractivity contribution >= 4 is 5.78 Å². The summed E-state index contributed by atoms with van der Waals surface area (Å²) >= 11 is 0. The van der Waals surface area contributed by atoms with E-state index in [1.54, 1.807) is 13.0 Å². The summed E-state index contributed by atoms with van der Waals surface area (Å²) in [6.45, 7) is 4.59. The number of allylic oxidation sites excluding steroid dienone is 2. The summed E-state index contributed by atoms with van der Waals surface area (Å²) < 4.78 is 0. The molecule has 0 radical (unpaired) electrons. The lowest BCUT2D eigenvalue weighted by atomic mass is 9.89. The fourth-order valence-electron chi connectivity index (χ4n) is 2.05. The first-order chi connectivity index (χ1) is 6.68. The second-order valence-corrected chi connectivity index (χ2v) is 4.32. The van der Waals surface area contributed by atoms with Crippen molar-refractivity contribution < 1.29 is 4.79 Å². The molecule has 1 aliphatic rings. The van der Waals surface area contributed by atoms with E-state index in [1.165, 1.54) is 32.1 Å². The van der Waals surface area contributed by atoms with Crippen molar-refractivity contribution in [3.05, 3.63) is 11.8 Å². The molecule has 14 heavy (non-hydrogen) atoms. The van der Waals surface area contributed by atoms with Crippen molar-refractivity contribution in [2.24, 2.45) is 5.92 Å². The van der Waals surface area contributed by atoms with Gasteiger partial charge >= 0.3 is 0 Å². The third kappa shape index (κ3) is 4.45. The summed E-state index contributed by atoms with van der Waals surface area (Å²) in [5.41, 5.74) is 1.00. The van der Waals surface area contributed by atoms with E-state index in [2.05, 4.69) is 5.32 Å². The Bertz CT molecular complexity index is 214. The molecule has 2 nitrogen and oxygen atoms in total. The number of hydrogen-bond acceptors (Lipinski definition) is 2. The zero-order valence-corrected chi connectivity index (χ0v) is 9.31. The molecule has 0 atom stereocenters. The number of ketones is 1. The molecule has 0 spiro atoms. The molecule has 0 saturated heterocycles. The van der Waals surface area contributed by atoms with Crippen LogP contribution < -0.4 is 5.32 Å². The lowest BCUT2D eigenvalue weighted by Gasteiger charge is -2.22. The topological polar surface area (TPSA) is 29.1 Å². The molecule has 1 fully saturated rings. The summed E-state index contributed by atoms with van der Waals surface area (Å²) in [5.74, 6) is 0.942. The average molecular weight is 195 g/mol. The van der Waals surface area contributed by atoms with Gasteiger partial charge < -0.3 is 5.32 Å². The van der Waals surface area contributed by atoms with Crippen LogP contribution in [0.25, 0.3) is 0 Å². The summed E-state index contributed by atoms with van der Waals surface area (Å²) in [6.07, 6.45) is 8.52. The van der Waals surface area contributed by atoms with Gasteiger partial charge in [0.2, 0.25) is 0 Å². The van der Waals surface area contributed by atoms with Gasteiger partial charge in [-0.3, -0.25) is 4.79 Å². The minimum atomic E-state index is 0.124. The summed E-state index contributed by atoms with van der Waals surface area (Å²) in [7, 11) is 0. The summed E-state index contributed by atoms with van der Waals surface area (Å²) in [4.78, 5) is 10.8. The van der Waals surface area contributed by atoms with Crippen molar-refractivity contribution in [1.82, 2.24) is 5.32 Å². The zero-order chi connectivity index (χ0) is 10.4. The van der Waals surface area contributed by atoms with Gasteiger partial charge in [-0.15, -0.1) is 0 Å². The first kappa shape index (κ1) is 11.3. The minimum Gasteiger partial charge on any atom is -0.388 e. The van der Waals surface area contributed by atoms with Gasteiger partial charge in [-0.2, -0.15) is 0 Å². The number of carbonyl (C=O) groups excluding carboxylic acids is 1. The Morgan fingerprint density at radius 1 is 1.29 bits per heavy atom. The molecule has 0 aromatic carbocycles. The molecule has 80 valence electrons. The van der Waals surface area contributed by atoms with Gasteiger partial charge in [-0.25, -0.2) is 0 Å². The monoisotopic (exact) mass is 195 g/mol. The van der Waals surface area contributed by atoms with Gasteiger partial charge in [-0.05, 0) is 38.7 Å². The highest BCUT2D eigenvalue weighted by Crippen LogP contribution is 2.22. The first-order valence-corrected chi connectivity index (χ1v) is 5.61. The van der Waals surface area contributed by atoms with Crippen molar-refractivity contribution in [3.8, 4) is 0 Å². The average Bonchev–Trinajstić information content (AvgIpc) is 2.15. The van der Waals surface area contributed by atoms with E-state index in [0.29, 0.717) is 0 Å². The Hall–Kier alpha value is -0.790. The number of nitrogens with one attached hydrogen (secondary N) is 1. The highest BCUT2D eigenvalue weighted by atomic mass is 16.1. The largest absolute Gasteiger partial charge is 0.388 e. The predicted octanol–water partition coefficient (Wildman–Crippen LogP) is 2.65. The molecule has 1 N–H and O–H groups in total. The minimum absolute atomic E-state index is 0.124. The second kappa shape index (κ2) is 5.84. The van der Waals surface area contributed by atoms with Crippen LogP contribution in [0.1, 0.15) is 46.0 Å².